The number of aliphatic hydroxyl groups is 1. The van der Waals surface area contributed by atoms with Gasteiger partial charge in [0.25, 0.3) is 0 Å². The van der Waals surface area contributed by atoms with Crippen LogP contribution in [0.5, 0.6) is 11.5 Å². The van der Waals surface area contributed by atoms with Gasteiger partial charge >= 0.3 is 0 Å². The fourth-order valence-corrected chi connectivity index (χ4v) is 7.16. The molecule has 8 heteroatoms. The zero-order chi connectivity index (χ0) is 28.8. The van der Waals surface area contributed by atoms with Gasteiger partial charge < -0.3 is 20.1 Å². The minimum absolute atomic E-state index is 0.0785. The predicted molar refractivity (Wildman–Crippen MR) is 169 cm³/mol. The van der Waals surface area contributed by atoms with E-state index in [0.29, 0.717) is 19.4 Å². The van der Waals surface area contributed by atoms with Gasteiger partial charge in [0.15, 0.2) is 0 Å². The van der Waals surface area contributed by atoms with Crippen molar-refractivity contribution in [3.05, 3.63) is 57.7 Å². The number of carbonyl (C=O) groups is 2. The molecule has 2 atom stereocenters. The van der Waals surface area contributed by atoms with Crippen molar-refractivity contribution in [1.82, 2.24) is 15.1 Å². The minimum Gasteiger partial charge on any atom is -0.457 e. The number of benzene rings is 2. The molecule has 2 heterocycles. The molecule has 1 aliphatic carbocycles. The van der Waals surface area contributed by atoms with E-state index in [1.165, 1.54) is 15.6 Å². The number of ether oxygens (including phenoxy) is 1. The lowest BCUT2D eigenvalue weighted by atomic mass is 9.78. The highest BCUT2D eigenvalue weighted by Crippen LogP contribution is 2.36. The summed E-state index contributed by atoms with van der Waals surface area (Å²) >= 11 is 2.28. The Labute approximate surface area is 258 Å². The maximum Gasteiger partial charge on any atom is 0.248 e. The number of rotatable bonds is 10. The van der Waals surface area contributed by atoms with Crippen LogP contribution in [0, 0.1) is 9.49 Å². The Balaban J connectivity index is 1.22. The Bertz CT molecular complexity index is 1160. The number of piperazine rings is 1. The van der Waals surface area contributed by atoms with E-state index in [1.807, 2.05) is 41.3 Å². The van der Waals surface area contributed by atoms with Crippen LogP contribution in [0.25, 0.3) is 0 Å². The van der Waals surface area contributed by atoms with Crippen molar-refractivity contribution < 1.29 is 19.4 Å². The van der Waals surface area contributed by atoms with Gasteiger partial charge in [0, 0.05) is 29.7 Å². The Morgan fingerprint density at radius 1 is 0.976 bits per heavy atom. The van der Waals surface area contributed by atoms with Crippen molar-refractivity contribution >= 4 is 34.4 Å². The first-order chi connectivity index (χ1) is 19.9. The molecule has 2 aromatic carbocycles. The summed E-state index contributed by atoms with van der Waals surface area (Å²) in [5, 5.41) is 14.2. The highest BCUT2D eigenvalue weighted by molar-refractivity contribution is 14.1. The summed E-state index contributed by atoms with van der Waals surface area (Å²) in [7, 11) is 0. The van der Waals surface area contributed by atoms with Crippen molar-refractivity contribution in [3.8, 4) is 11.5 Å². The van der Waals surface area contributed by atoms with E-state index >= 15 is 0 Å². The number of hydrogen-bond acceptors (Lipinski definition) is 5. The monoisotopic (exact) mass is 673 g/mol. The summed E-state index contributed by atoms with van der Waals surface area (Å²) in [4.78, 5) is 31.9. The molecular formula is C33H44IN3O4. The lowest BCUT2D eigenvalue weighted by Gasteiger charge is -2.52. The zero-order valence-electron chi connectivity index (χ0n) is 24.2. The van der Waals surface area contributed by atoms with Crippen molar-refractivity contribution in [2.45, 2.75) is 95.4 Å². The maximum atomic E-state index is 13.9. The van der Waals surface area contributed by atoms with E-state index in [0.717, 1.165) is 76.1 Å². The maximum absolute atomic E-state index is 13.9. The van der Waals surface area contributed by atoms with Gasteiger partial charge in [-0.3, -0.25) is 14.5 Å². The summed E-state index contributed by atoms with van der Waals surface area (Å²) in [6.45, 7) is 4.99. The van der Waals surface area contributed by atoms with E-state index in [1.54, 1.807) is 0 Å². The van der Waals surface area contributed by atoms with Crippen LogP contribution in [0.1, 0.15) is 76.7 Å². The van der Waals surface area contributed by atoms with Crippen molar-refractivity contribution in [1.29, 1.82) is 0 Å². The lowest BCUT2D eigenvalue weighted by molar-refractivity contribution is -0.166. The largest absolute Gasteiger partial charge is 0.457 e. The van der Waals surface area contributed by atoms with E-state index < -0.39 is 17.7 Å². The first kappa shape index (κ1) is 30.3. The number of nitrogens with one attached hydrogen (secondary N) is 1. The molecule has 3 aliphatic rings. The lowest BCUT2D eigenvalue weighted by Crippen LogP contribution is -2.75. The third kappa shape index (κ3) is 7.08. The molecule has 222 valence electrons. The Kier molecular flexibility index (Phi) is 10.2. The Hall–Kier alpha value is -2.17. The summed E-state index contributed by atoms with van der Waals surface area (Å²) in [5.74, 6) is 1.54. The molecule has 5 rings (SSSR count). The minimum atomic E-state index is -0.824. The number of unbranched alkanes of at least 4 members (excludes halogenated alkanes) is 2. The van der Waals surface area contributed by atoms with Gasteiger partial charge in [-0.25, -0.2) is 0 Å². The zero-order valence-corrected chi connectivity index (χ0v) is 26.4. The topological polar surface area (TPSA) is 82.1 Å². The van der Waals surface area contributed by atoms with Crippen molar-refractivity contribution in [3.63, 3.8) is 0 Å². The van der Waals surface area contributed by atoms with Gasteiger partial charge in [0.1, 0.15) is 23.1 Å². The van der Waals surface area contributed by atoms with E-state index in [-0.39, 0.29) is 17.7 Å². The van der Waals surface area contributed by atoms with Gasteiger partial charge in [-0.05, 0) is 103 Å². The molecule has 0 radical (unpaired) electrons. The molecule has 7 nitrogen and oxygen atoms in total. The van der Waals surface area contributed by atoms with Gasteiger partial charge in [0.2, 0.25) is 11.8 Å². The molecule has 2 N–H and O–H groups in total. The molecule has 1 unspecified atom stereocenters. The second-order valence-electron chi connectivity index (χ2n) is 12.0. The predicted octanol–water partition coefficient (Wildman–Crippen LogP) is 5.88. The normalized spacial score (nSPS) is 22.5. The van der Waals surface area contributed by atoms with Crippen LogP contribution in [0.2, 0.25) is 0 Å². The molecular weight excluding hydrogens is 629 g/mol. The smallest absolute Gasteiger partial charge is 0.248 e. The van der Waals surface area contributed by atoms with Crippen LogP contribution >= 0.6 is 22.6 Å². The van der Waals surface area contributed by atoms with E-state index in [4.69, 9.17) is 4.74 Å². The molecule has 1 saturated carbocycles. The first-order valence-corrected chi connectivity index (χ1v) is 16.5. The summed E-state index contributed by atoms with van der Waals surface area (Å²) in [5.41, 5.74) is 0.366. The molecule has 2 aliphatic heterocycles. The number of piperidine rings is 1. The Morgan fingerprint density at radius 3 is 2.24 bits per heavy atom. The number of halogens is 1. The average Bonchev–Trinajstić information content (AvgIpc) is 3.00. The first-order valence-electron chi connectivity index (χ1n) is 15.4. The number of likely N-dealkylation sites (tertiary alicyclic amines) is 1. The van der Waals surface area contributed by atoms with E-state index in [9.17, 15) is 14.7 Å². The van der Waals surface area contributed by atoms with Crippen molar-refractivity contribution in [2.75, 3.05) is 19.6 Å². The molecule has 1 spiro atoms. The molecule has 3 fully saturated rings. The summed E-state index contributed by atoms with van der Waals surface area (Å²) in [6, 6.07) is 15.4. The van der Waals surface area contributed by atoms with Crippen LogP contribution in [0.3, 0.4) is 0 Å². The van der Waals surface area contributed by atoms with Crippen LogP contribution in [-0.2, 0) is 16.1 Å². The van der Waals surface area contributed by atoms with E-state index in [2.05, 4.69) is 51.9 Å². The second-order valence-corrected chi connectivity index (χ2v) is 13.3. The number of carbonyl (C=O) groups excluding carboxylic acids is 2. The summed E-state index contributed by atoms with van der Waals surface area (Å²) in [6.07, 6.45) is 8.56. The molecule has 41 heavy (non-hydrogen) atoms. The van der Waals surface area contributed by atoms with Crippen LogP contribution in [0.15, 0.2) is 48.5 Å². The fourth-order valence-electron chi connectivity index (χ4n) is 6.80. The van der Waals surface area contributed by atoms with Gasteiger partial charge in [-0.2, -0.15) is 0 Å². The van der Waals surface area contributed by atoms with Gasteiger partial charge in [-0.15, -0.1) is 0 Å². The molecule has 0 bridgehead atoms. The Morgan fingerprint density at radius 2 is 1.61 bits per heavy atom. The highest BCUT2D eigenvalue weighted by atomic mass is 127. The molecule has 2 aromatic rings. The van der Waals surface area contributed by atoms with Crippen LogP contribution in [0.4, 0.5) is 0 Å². The number of amides is 2. The fraction of sp³-hybridized carbons (Fsp3) is 0.576. The van der Waals surface area contributed by atoms with Crippen molar-refractivity contribution in [2.24, 2.45) is 5.92 Å². The average molecular weight is 674 g/mol. The van der Waals surface area contributed by atoms with Gasteiger partial charge in [-0.1, -0.05) is 51.2 Å². The number of hydrogen-bond donors (Lipinski definition) is 2. The van der Waals surface area contributed by atoms with Crippen LogP contribution < -0.4 is 10.1 Å². The number of aliphatic hydroxyl groups excluding tert-OH is 1. The third-order valence-corrected chi connectivity index (χ3v) is 10.00. The SMILES string of the molecule is CCCCCN1C(=O)C([C@H](O)C2CCCCC2)NC(=O)C12CCN(Cc1ccc(Oc3ccc(I)cc3)cc1)CC2. The van der Waals surface area contributed by atoms with Crippen LogP contribution in [-0.4, -0.2) is 64.0 Å². The molecule has 2 saturated heterocycles. The molecule has 0 aromatic heterocycles. The third-order valence-electron chi connectivity index (χ3n) is 9.28. The second kappa shape index (κ2) is 13.9. The summed E-state index contributed by atoms with van der Waals surface area (Å²) < 4.78 is 7.15. The standard InChI is InChI=1S/C33H44IN3O4/c1-2-3-7-20-37-31(39)29(30(38)25-8-5-4-6-9-25)35-32(40)33(37)18-21-36(22-19-33)23-24-10-14-27(15-11-24)41-28-16-12-26(34)13-17-28/h10-17,25,29-30,38H,2-9,18-23H2,1H3,(H,35,40)/t29?,30-/m1/s1. The molecule has 2 amide bonds. The quantitative estimate of drug-likeness (QED) is 0.244. The van der Waals surface area contributed by atoms with Gasteiger partial charge in [0.05, 0.1) is 6.10 Å². The highest BCUT2D eigenvalue weighted by Gasteiger charge is 2.55. The number of nitrogens with zero attached hydrogens (tertiary/aromatic N) is 2.